The lowest BCUT2D eigenvalue weighted by Crippen LogP contribution is -2.54. The number of carbonyl (C=O) groups excluding carboxylic acids is 2. The van der Waals surface area contributed by atoms with Crippen molar-refractivity contribution in [3.63, 3.8) is 0 Å². The summed E-state index contributed by atoms with van der Waals surface area (Å²) >= 11 is 0. The minimum atomic E-state index is 0.0532. The number of likely N-dealkylation sites (tertiary alicyclic amines) is 2. The molecule has 0 radical (unpaired) electrons. The van der Waals surface area contributed by atoms with E-state index in [2.05, 4.69) is 14.8 Å². The second-order valence-electron chi connectivity index (χ2n) is 13.0. The van der Waals surface area contributed by atoms with Gasteiger partial charge >= 0.3 is 0 Å². The van der Waals surface area contributed by atoms with Crippen molar-refractivity contribution in [1.82, 2.24) is 29.6 Å². The van der Waals surface area contributed by atoms with Crippen molar-refractivity contribution >= 4 is 11.8 Å². The number of piperidine rings is 1. The minimum Gasteiger partial charge on any atom is -0.338 e. The monoisotopic (exact) mass is 628 g/mol. The highest BCUT2D eigenvalue weighted by atomic mass is 16.2. The van der Waals surface area contributed by atoms with Crippen LogP contribution in [0.25, 0.3) is 22.5 Å². The van der Waals surface area contributed by atoms with Gasteiger partial charge in [0.25, 0.3) is 11.8 Å². The Kier molecular flexibility index (Phi) is 9.68. The van der Waals surface area contributed by atoms with E-state index >= 15 is 0 Å². The van der Waals surface area contributed by atoms with E-state index in [1.807, 2.05) is 94.7 Å². The standard InChI is InChI=1S/C39H44N6O2/c46-38(32-13-14-34(40-29-32)15-20-42-18-7-8-19-42)44-21-16-35(17-22-44)43-23-25-45(26-24-43)39(47)33-27-36(30-9-3-1-4-10-30)41-37(28-33)31-11-5-2-6-12-31/h1-6,9-14,27-29,35H,7-8,15-26H2. The number of aromatic nitrogens is 2. The summed E-state index contributed by atoms with van der Waals surface area (Å²) in [6.45, 7) is 8.00. The van der Waals surface area contributed by atoms with E-state index in [4.69, 9.17) is 4.98 Å². The Labute approximate surface area is 278 Å². The number of amides is 2. The number of nitrogens with zero attached hydrogens (tertiary/aromatic N) is 6. The molecule has 47 heavy (non-hydrogen) atoms. The molecule has 7 rings (SSSR count). The molecule has 2 aromatic carbocycles. The third kappa shape index (κ3) is 7.45. The van der Waals surface area contributed by atoms with E-state index in [1.165, 1.54) is 25.9 Å². The Morgan fingerprint density at radius 2 is 1.21 bits per heavy atom. The second-order valence-corrected chi connectivity index (χ2v) is 13.0. The Bertz CT molecular complexity index is 1580. The van der Waals surface area contributed by atoms with Gasteiger partial charge in [-0.25, -0.2) is 4.98 Å². The minimum absolute atomic E-state index is 0.0532. The third-order valence-corrected chi connectivity index (χ3v) is 10.0. The van der Waals surface area contributed by atoms with Crippen LogP contribution in [0.1, 0.15) is 52.1 Å². The van der Waals surface area contributed by atoms with Crippen LogP contribution in [0.3, 0.4) is 0 Å². The first-order valence-electron chi connectivity index (χ1n) is 17.2. The number of hydrogen-bond donors (Lipinski definition) is 0. The van der Waals surface area contributed by atoms with Gasteiger partial charge in [0, 0.05) is 86.9 Å². The van der Waals surface area contributed by atoms with Gasteiger partial charge in [0.1, 0.15) is 0 Å². The largest absolute Gasteiger partial charge is 0.338 e. The molecule has 3 saturated heterocycles. The summed E-state index contributed by atoms with van der Waals surface area (Å²) in [6, 6.07) is 28.4. The van der Waals surface area contributed by atoms with Crippen LogP contribution in [-0.2, 0) is 6.42 Å². The predicted octanol–water partition coefficient (Wildman–Crippen LogP) is 5.51. The summed E-state index contributed by atoms with van der Waals surface area (Å²) in [5, 5.41) is 0. The first-order chi connectivity index (χ1) is 23.1. The van der Waals surface area contributed by atoms with E-state index in [0.29, 0.717) is 30.3 Å². The lowest BCUT2D eigenvalue weighted by molar-refractivity contribution is 0.0412. The maximum Gasteiger partial charge on any atom is 0.255 e. The summed E-state index contributed by atoms with van der Waals surface area (Å²) in [5.41, 5.74) is 6.01. The topological polar surface area (TPSA) is 72.9 Å². The Morgan fingerprint density at radius 1 is 0.638 bits per heavy atom. The fourth-order valence-electron chi connectivity index (χ4n) is 7.23. The van der Waals surface area contributed by atoms with Gasteiger partial charge in [-0.15, -0.1) is 0 Å². The van der Waals surface area contributed by atoms with Gasteiger partial charge < -0.3 is 14.7 Å². The quantitative estimate of drug-likeness (QED) is 0.256. The average Bonchev–Trinajstić information content (AvgIpc) is 3.68. The van der Waals surface area contributed by atoms with Crippen LogP contribution in [0.5, 0.6) is 0 Å². The van der Waals surface area contributed by atoms with Crippen molar-refractivity contribution in [2.24, 2.45) is 0 Å². The van der Waals surface area contributed by atoms with Crippen molar-refractivity contribution in [2.45, 2.75) is 38.1 Å². The van der Waals surface area contributed by atoms with Crippen LogP contribution in [0.4, 0.5) is 0 Å². The first kappa shape index (κ1) is 31.2. The third-order valence-electron chi connectivity index (χ3n) is 10.0. The molecule has 242 valence electrons. The van der Waals surface area contributed by atoms with Crippen LogP contribution in [0.15, 0.2) is 91.1 Å². The molecule has 0 atom stereocenters. The van der Waals surface area contributed by atoms with E-state index in [0.717, 1.165) is 80.2 Å². The molecule has 0 spiro atoms. The van der Waals surface area contributed by atoms with Crippen LogP contribution in [0.2, 0.25) is 0 Å². The highest BCUT2D eigenvalue weighted by Crippen LogP contribution is 2.27. The Hall–Kier alpha value is -4.40. The van der Waals surface area contributed by atoms with Crippen LogP contribution >= 0.6 is 0 Å². The van der Waals surface area contributed by atoms with Crippen molar-refractivity contribution < 1.29 is 9.59 Å². The van der Waals surface area contributed by atoms with Gasteiger partial charge in [0.05, 0.1) is 17.0 Å². The molecular weight excluding hydrogens is 584 g/mol. The van der Waals surface area contributed by atoms with Gasteiger partial charge in [0.15, 0.2) is 0 Å². The Balaban J connectivity index is 0.928. The zero-order valence-electron chi connectivity index (χ0n) is 27.1. The molecule has 4 aromatic rings. The number of benzene rings is 2. The number of pyridine rings is 2. The number of hydrogen-bond acceptors (Lipinski definition) is 6. The van der Waals surface area contributed by atoms with Crippen molar-refractivity contribution in [1.29, 1.82) is 0 Å². The van der Waals surface area contributed by atoms with Crippen LogP contribution in [0, 0.1) is 0 Å². The maximum atomic E-state index is 13.8. The molecule has 3 aliphatic heterocycles. The lowest BCUT2D eigenvalue weighted by Gasteiger charge is -2.42. The van der Waals surface area contributed by atoms with E-state index < -0.39 is 0 Å². The molecule has 5 heterocycles. The normalized spacial score (nSPS) is 18.0. The number of carbonyl (C=O) groups is 2. The van der Waals surface area contributed by atoms with E-state index in [1.54, 1.807) is 6.20 Å². The molecule has 0 aliphatic carbocycles. The molecule has 3 fully saturated rings. The smallest absolute Gasteiger partial charge is 0.255 e. The second kappa shape index (κ2) is 14.6. The summed E-state index contributed by atoms with van der Waals surface area (Å²) < 4.78 is 0. The van der Waals surface area contributed by atoms with Gasteiger partial charge in [-0.3, -0.25) is 19.5 Å². The van der Waals surface area contributed by atoms with E-state index in [9.17, 15) is 9.59 Å². The number of piperazine rings is 1. The summed E-state index contributed by atoms with van der Waals surface area (Å²) in [5.74, 6) is 0.136. The zero-order valence-corrected chi connectivity index (χ0v) is 27.1. The molecule has 2 amide bonds. The van der Waals surface area contributed by atoms with Crippen molar-refractivity contribution in [3.8, 4) is 22.5 Å². The molecule has 0 saturated carbocycles. The van der Waals surface area contributed by atoms with Crippen LogP contribution in [-0.4, -0.2) is 106 Å². The lowest BCUT2D eigenvalue weighted by atomic mass is 10.0. The fourth-order valence-corrected chi connectivity index (χ4v) is 7.23. The average molecular weight is 629 g/mol. The summed E-state index contributed by atoms with van der Waals surface area (Å²) in [4.78, 5) is 45.6. The Morgan fingerprint density at radius 3 is 1.79 bits per heavy atom. The van der Waals surface area contributed by atoms with Crippen molar-refractivity contribution in [3.05, 3.63) is 108 Å². The van der Waals surface area contributed by atoms with Crippen molar-refractivity contribution in [2.75, 3.05) is 58.9 Å². The molecule has 0 unspecified atom stereocenters. The van der Waals surface area contributed by atoms with Gasteiger partial charge in [-0.2, -0.15) is 0 Å². The van der Waals surface area contributed by atoms with Crippen LogP contribution < -0.4 is 0 Å². The molecule has 3 aliphatic rings. The summed E-state index contributed by atoms with van der Waals surface area (Å²) in [7, 11) is 0. The molecule has 2 aromatic heterocycles. The summed E-state index contributed by atoms with van der Waals surface area (Å²) in [6.07, 6.45) is 7.19. The molecule has 8 nitrogen and oxygen atoms in total. The highest BCUT2D eigenvalue weighted by Gasteiger charge is 2.31. The molecule has 8 heteroatoms. The predicted molar refractivity (Wildman–Crippen MR) is 185 cm³/mol. The number of rotatable bonds is 8. The first-order valence-corrected chi connectivity index (χ1v) is 17.2. The highest BCUT2D eigenvalue weighted by molar-refractivity contribution is 5.96. The molecule has 0 bridgehead atoms. The SMILES string of the molecule is O=C(c1ccc(CCN2CCCC2)nc1)N1CCC(N2CCN(C(=O)c3cc(-c4ccccc4)nc(-c4ccccc4)c3)CC2)CC1. The maximum absolute atomic E-state index is 13.8. The van der Waals surface area contributed by atoms with Gasteiger partial charge in [0.2, 0.25) is 0 Å². The van der Waals surface area contributed by atoms with E-state index in [-0.39, 0.29) is 11.8 Å². The molecular formula is C39H44N6O2. The van der Waals surface area contributed by atoms with Gasteiger partial charge in [-0.1, -0.05) is 60.7 Å². The fraction of sp³-hybridized carbons (Fsp3) is 0.385. The molecule has 0 N–H and O–H groups in total. The van der Waals surface area contributed by atoms with Gasteiger partial charge in [-0.05, 0) is 63.0 Å². The zero-order chi connectivity index (χ0) is 32.0.